The number of hydrogen-bond donors (Lipinski definition) is 1. The van der Waals surface area contributed by atoms with E-state index in [2.05, 4.69) is 10.4 Å². The summed E-state index contributed by atoms with van der Waals surface area (Å²) in [6, 6.07) is 12.4. The number of alkyl halides is 3. The minimum Gasteiger partial charge on any atom is -0.325 e. The molecular formula is C17H11ClF3N3OS3. The van der Waals surface area contributed by atoms with E-state index in [4.69, 9.17) is 23.8 Å². The molecule has 0 saturated heterocycles. The van der Waals surface area contributed by atoms with E-state index in [9.17, 15) is 18.0 Å². The van der Waals surface area contributed by atoms with E-state index in [1.807, 2.05) is 30.3 Å². The summed E-state index contributed by atoms with van der Waals surface area (Å²) in [5.74, 6) is -0.706. The maximum absolute atomic E-state index is 13.1. The molecule has 2 aromatic carbocycles. The number of amides is 1. The highest BCUT2D eigenvalue weighted by Crippen LogP contribution is 2.36. The molecule has 4 nitrogen and oxygen atoms in total. The lowest BCUT2D eigenvalue weighted by molar-refractivity contribution is -0.137. The molecule has 146 valence electrons. The Morgan fingerprint density at radius 3 is 2.64 bits per heavy atom. The summed E-state index contributed by atoms with van der Waals surface area (Å²) < 4.78 is 41.9. The van der Waals surface area contributed by atoms with Gasteiger partial charge in [0.2, 0.25) is 5.91 Å². The predicted octanol–water partition coefficient (Wildman–Crippen LogP) is 6.07. The number of nitrogens with one attached hydrogen (secondary N) is 1. The van der Waals surface area contributed by atoms with Crippen molar-refractivity contribution in [2.75, 3.05) is 11.1 Å². The Morgan fingerprint density at radius 2 is 1.96 bits per heavy atom. The number of hydrogen-bond acceptors (Lipinski definition) is 5. The van der Waals surface area contributed by atoms with E-state index < -0.39 is 17.6 Å². The predicted molar refractivity (Wildman–Crippen MR) is 108 cm³/mol. The fraction of sp³-hybridized carbons (Fsp3) is 0.118. The Hall–Kier alpha value is -1.88. The van der Waals surface area contributed by atoms with Crippen molar-refractivity contribution in [3.63, 3.8) is 0 Å². The molecule has 3 aromatic rings. The van der Waals surface area contributed by atoms with Gasteiger partial charge >= 0.3 is 6.18 Å². The fourth-order valence-electron chi connectivity index (χ4n) is 2.23. The Balaban J connectivity index is 1.69. The number of anilines is 1. The van der Waals surface area contributed by atoms with Crippen LogP contribution in [0.2, 0.25) is 5.02 Å². The van der Waals surface area contributed by atoms with Gasteiger partial charge < -0.3 is 5.32 Å². The lowest BCUT2D eigenvalue weighted by Crippen LogP contribution is -2.18. The highest BCUT2D eigenvalue weighted by Gasteiger charge is 2.34. The lowest BCUT2D eigenvalue weighted by Gasteiger charge is -2.13. The van der Waals surface area contributed by atoms with Crippen LogP contribution in [0.5, 0.6) is 0 Å². The van der Waals surface area contributed by atoms with Gasteiger partial charge in [0.1, 0.15) is 0 Å². The molecule has 3 rings (SSSR count). The van der Waals surface area contributed by atoms with Crippen molar-refractivity contribution in [1.29, 1.82) is 0 Å². The van der Waals surface area contributed by atoms with Crippen molar-refractivity contribution in [3.05, 3.63) is 63.1 Å². The second-order valence-corrected chi connectivity index (χ2v) is 8.69. The number of para-hydroxylation sites is 1. The maximum Gasteiger partial charge on any atom is 0.418 e. The molecule has 1 N–H and O–H groups in total. The lowest BCUT2D eigenvalue weighted by atomic mass is 10.1. The van der Waals surface area contributed by atoms with E-state index in [0.717, 1.165) is 29.6 Å². The van der Waals surface area contributed by atoms with Crippen LogP contribution < -0.4 is 5.32 Å². The summed E-state index contributed by atoms with van der Waals surface area (Å²) in [6.07, 6.45) is -4.63. The number of nitrogens with zero attached hydrogens (tertiary/aromatic N) is 2. The van der Waals surface area contributed by atoms with Gasteiger partial charge in [0.15, 0.2) is 8.29 Å². The van der Waals surface area contributed by atoms with Gasteiger partial charge in [-0.25, -0.2) is 4.68 Å². The number of rotatable bonds is 5. The third-order valence-electron chi connectivity index (χ3n) is 3.42. The third kappa shape index (κ3) is 5.13. The number of carbonyl (C=O) groups is 1. The summed E-state index contributed by atoms with van der Waals surface area (Å²) in [5, 5.41) is 6.55. The Kier molecular flexibility index (Phi) is 6.43. The highest BCUT2D eigenvalue weighted by molar-refractivity contribution is 8.01. The molecule has 0 radical (unpaired) electrons. The van der Waals surface area contributed by atoms with Gasteiger partial charge in [-0.2, -0.15) is 13.2 Å². The van der Waals surface area contributed by atoms with E-state index >= 15 is 0 Å². The summed E-state index contributed by atoms with van der Waals surface area (Å²) in [5.41, 5.74) is -0.552. The highest BCUT2D eigenvalue weighted by atomic mass is 35.5. The van der Waals surface area contributed by atoms with E-state index in [-0.39, 0.29) is 16.5 Å². The van der Waals surface area contributed by atoms with Gasteiger partial charge in [0.25, 0.3) is 0 Å². The number of halogens is 4. The van der Waals surface area contributed by atoms with Crippen LogP contribution in [-0.4, -0.2) is 21.4 Å². The van der Waals surface area contributed by atoms with Crippen molar-refractivity contribution < 1.29 is 18.0 Å². The summed E-state index contributed by atoms with van der Waals surface area (Å²) in [4.78, 5) is 12.1. The first-order chi connectivity index (χ1) is 13.2. The first kappa shape index (κ1) is 20.8. The zero-order valence-corrected chi connectivity index (χ0v) is 17.1. The SMILES string of the molecule is O=C(CSc1nn(-c2ccccc2)c(=S)s1)Nc1ccc(Cl)cc1C(F)(F)F. The molecule has 0 atom stereocenters. The smallest absolute Gasteiger partial charge is 0.325 e. The second-order valence-electron chi connectivity index (χ2n) is 5.41. The summed E-state index contributed by atoms with van der Waals surface area (Å²) >= 11 is 13.2. The molecule has 0 unspecified atom stereocenters. The summed E-state index contributed by atoms with van der Waals surface area (Å²) in [7, 11) is 0. The molecule has 0 aliphatic heterocycles. The number of thioether (sulfide) groups is 1. The normalized spacial score (nSPS) is 11.4. The average Bonchev–Trinajstić information content (AvgIpc) is 3.02. The molecule has 0 bridgehead atoms. The van der Waals surface area contributed by atoms with Gasteiger partial charge in [-0.3, -0.25) is 4.79 Å². The molecule has 0 fully saturated rings. The number of carbonyl (C=O) groups excluding carboxylic acids is 1. The quantitative estimate of drug-likeness (QED) is 0.370. The molecule has 1 amide bonds. The Morgan fingerprint density at radius 1 is 1.25 bits per heavy atom. The molecule has 1 aromatic heterocycles. The van der Waals surface area contributed by atoms with E-state index in [0.29, 0.717) is 8.29 Å². The van der Waals surface area contributed by atoms with Crippen LogP contribution in [0.3, 0.4) is 0 Å². The van der Waals surface area contributed by atoms with Crippen LogP contribution >= 0.6 is 46.9 Å². The molecule has 0 saturated carbocycles. The van der Waals surface area contributed by atoms with Gasteiger partial charge in [0, 0.05) is 5.02 Å². The molecule has 0 spiro atoms. The van der Waals surface area contributed by atoms with Gasteiger partial charge in [-0.1, -0.05) is 52.9 Å². The topological polar surface area (TPSA) is 46.9 Å². The van der Waals surface area contributed by atoms with Crippen LogP contribution in [0.25, 0.3) is 5.69 Å². The van der Waals surface area contributed by atoms with Crippen LogP contribution in [0.4, 0.5) is 18.9 Å². The van der Waals surface area contributed by atoms with E-state index in [1.54, 1.807) is 4.68 Å². The first-order valence-corrected chi connectivity index (χ1v) is 10.3. The number of benzene rings is 2. The van der Waals surface area contributed by atoms with Crippen LogP contribution in [0.15, 0.2) is 52.9 Å². The number of aromatic nitrogens is 2. The van der Waals surface area contributed by atoms with Gasteiger partial charge in [-0.05, 0) is 42.5 Å². The molecule has 1 heterocycles. The van der Waals surface area contributed by atoms with Crippen molar-refractivity contribution in [2.24, 2.45) is 0 Å². The first-order valence-electron chi connectivity index (χ1n) is 7.69. The van der Waals surface area contributed by atoms with Crippen LogP contribution in [0, 0.1) is 3.95 Å². The monoisotopic (exact) mass is 461 g/mol. The fourth-order valence-corrected chi connectivity index (χ4v) is 4.56. The van der Waals surface area contributed by atoms with Crippen LogP contribution in [0.1, 0.15) is 5.56 Å². The molecule has 11 heteroatoms. The Bertz CT molecular complexity index is 1050. The van der Waals surface area contributed by atoms with Crippen molar-refractivity contribution in [1.82, 2.24) is 9.78 Å². The molecule has 0 aliphatic carbocycles. The Labute approximate surface area is 176 Å². The standard InChI is InChI=1S/C17H11ClF3N3OS3/c18-10-6-7-13(12(8-10)17(19,20)21)22-14(25)9-27-15-23-24(16(26)28-15)11-4-2-1-3-5-11/h1-8H,9H2,(H,22,25). The maximum atomic E-state index is 13.1. The third-order valence-corrected chi connectivity index (χ3v) is 6.02. The summed E-state index contributed by atoms with van der Waals surface area (Å²) in [6.45, 7) is 0. The van der Waals surface area contributed by atoms with Crippen molar-refractivity contribution in [2.45, 2.75) is 10.5 Å². The zero-order chi connectivity index (χ0) is 20.3. The van der Waals surface area contributed by atoms with Gasteiger partial charge in [0.05, 0.1) is 22.7 Å². The molecular weight excluding hydrogens is 451 g/mol. The minimum absolute atomic E-state index is 0.0640. The molecule has 0 aliphatic rings. The van der Waals surface area contributed by atoms with Gasteiger partial charge in [-0.15, -0.1) is 5.10 Å². The van der Waals surface area contributed by atoms with Crippen molar-refractivity contribution >= 4 is 58.5 Å². The molecule has 28 heavy (non-hydrogen) atoms. The minimum atomic E-state index is -4.63. The van der Waals surface area contributed by atoms with Crippen LogP contribution in [-0.2, 0) is 11.0 Å². The average molecular weight is 462 g/mol. The largest absolute Gasteiger partial charge is 0.418 e. The van der Waals surface area contributed by atoms with Crippen molar-refractivity contribution in [3.8, 4) is 5.69 Å². The zero-order valence-electron chi connectivity index (χ0n) is 13.9. The second kappa shape index (κ2) is 8.64. The van der Waals surface area contributed by atoms with E-state index in [1.165, 1.54) is 17.4 Å².